The van der Waals surface area contributed by atoms with Crippen molar-refractivity contribution in [2.24, 2.45) is 0 Å². The number of nitrogens with zero attached hydrogens (tertiary/aromatic N) is 4. The number of pyridine rings is 1. The second-order valence-electron chi connectivity index (χ2n) is 7.57. The number of hydrogen-bond acceptors (Lipinski definition) is 5. The molecule has 0 amide bonds. The van der Waals surface area contributed by atoms with E-state index in [2.05, 4.69) is 19.9 Å². The SMILES string of the molecule is c1cncc(OC2CCN(Cc3cnc(C4CCCCC4)nc3)CC2)c1. The van der Waals surface area contributed by atoms with Crippen molar-refractivity contribution in [1.82, 2.24) is 19.9 Å². The minimum Gasteiger partial charge on any atom is -0.489 e. The summed E-state index contributed by atoms with van der Waals surface area (Å²) in [5.41, 5.74) is 1.22. The van der Waals surface area contributed by atoms with E-state index in [0.29, 0.717) is 12.0 Å². The zero-order valence-corrected chi connectivity index (χ0v) is 15.4. The molecule has 3 heterocycles. The average Bonchev–Trinajstić information content (AvgIpc) is 2.72. The van der Waals surface area contributed by atoms with Gasteiger partial charge in [0, 0.05) is 49.7 Å². The first-order valence-corrected chi connectivity index (χ1v) is 9.97. The molecule has 138 valence electrons. The fourth-order valence-electron chi connectivity index (χ4n) is 4.07. The number of likely N-dealkylation sites (tertiary alicyclic amines) is 1. The highest BCUT2D eigenvalue weighted by molar-refractivity contribution is 5.16. The molecule has 2 aromatic heterocycles. The van der Waals surface area contributed by atoms with Gasteiger partial charge in [0.2, 0.25) is 0 Å². The van der Waals surface area contributed by atoms with Crippen LogP contribution >= 0.6 is 0 Å². The molecular weight excluding hydrogens is 324 g/mol. The first kappa shape index (κ1) is 17.4. The molecule has 2 aromatic rings. The van der Waals surface area contributed by atoms with Gasteiger partial charge in [-0.3, -0.25) is 9.88 Å². The van der Waals surface area contributed by atoms with E-state index in [0.717, 1.165) is 44.0 Å². The smallest absolute Gasteiger partial charge is 0.137 e. The average molecular weight is 352 g/mol. The van der Waals surface area contributed by atoms with Crippen LogP contribution in [0.3, 0.4) is 0 Å². The van der Waals surface area contributed by atoms with E-state index in [1.807, 2.05) is 24.5 Å². The first-order valence-electron chi connectivity index (χ1n) is 9.97. The molecule has 5 nitrogen and oxygen atoms in total. The van der Waals surface area contributed by atoms with E-state index in [-0.39, 0.29) is 0 Å². The fraction of sp³-hybridized carbons (Fsp3) is 0.571. The zero-order chi connectivity index (χ0) is 17.6. The van der Waals surface area contributed by atoms with Gasteiger partial charge in [-0.25, -0.2) is 9.97 Å². The molecule has 0 radical (unpaired) electrons. The quantitative estimate of drug-likeness (QED) is 0.815. The van der Waals surface area contributed by atoms with Crippen LogP contribution in [0.15, 0.2) is 36.9 Å². The van der Waals surface area contributed by atoms with Crippen LogP contribution in [0.5, 0.6) is 5.75 Å². The van der Waals surface area contributed by atoms with Gasteiger partial charge in [-0.15, -0.1) is 0 Å². The van der Waals surface area contributed by atoms with Crippen LogP contribution in [0, 0.1) is 0 Å². The van der Waals surface area contributed by atoms with Crippen LogP contribution < -0.4 is 4.74 Å². The highest BCUT2D eigenvalue weighted by Gasteiger charge is 2.21. The van der Waals surface area contributed by atoms with Crippen LogP contribution in [-0.2, 0) is 6.54 Å². The van der Waals surface area contributed by atoms with E-state index in [1.54, 1.807) is 12.4 Å². The Morgan fingerprint density at radius 2 is 1.73 bits per heavy atom. The fourth-order valence-corrected chi connectivity index (χ4v) is 4.07. The second kappa shape index (κ2) is 8.58. The summed E-state index contributed by atoms with van der Waals surface area (Å²) in [4.78, 5) is 15.9. The number of rotatable bonds is 5. The standard InChI is InChI=1S/C21H28N4O/c1-2-5-18(6-3-1)21-23-13-17(14-24-21)16-25-11-8-19(9-12-25)26-20-7-4-10-22-15-20/h4,7,10,13-15,18-19H,1-3,5-6,8-9,11-12,16H2. The molecule has 1 saturated heterocycles. The van der Waals surface area contributed by atoms with Gasteiger partial charge in [0.25, 0.3) is 0 Å². The molecule has 5 heteroatoms. The van der Waals surface area contributed by atoms with E-state index in [9.17, 15) is 0 Å². The van der Waals surface area contributed by atoms with Gasteiger partial charge in [-0.05, 0) is 37.8 Å². The van der Waals surface area contributed by atoms with Gasteiger partial charge < -0.3 is 4.74 Å². The summed E-state index contributed by atoms with van der Waals surface area (Å²) >= 11 is 0. The monoisotopic (exact) mass is 352 g/mol. The molecule has 0 atom stereocenters. The predicted molar refractivity (Wildman–Crippen MR) is 101 cm³/mol. The van der Waals surface area contributed by atoms with Crippen molar-refractivity contribution in [3.05, 3.63) is 48.3 Å². The summed E-state index contributed by atoms with van der Waals surface area (Å²) in [7, 11) is 0. The van der Waals surface area contributed by atoms with Crippen LogP contribution in [0.2, 0.25) is 0 Å². The van der Waals surface area contributed by atoms with E-state index in [1.165, 1.54) is 37.7 Å². The third-order valence-electron chi connectivity index (χ3n) is 5.57. The van der Waals surface area contributed by atoms with Gasteiger partial charge in [0.1, 0.15) is 17.7 Å². The number of piperidine rings is 1. The summed E-state index contributed by atoms with van der Waals surface area (Å²) in [6, 6.07) is 3.89. The van der Waals surface area contributed by atoms with Crippen molar-refractivity contribution >= 4 is 0 Å². The van der Waals surface area contributed by atoms with E-state index < -0.39 is 0 Å². The predicted octanol–water partition coefficient (Wildman–Crippen LogP) is 3.96. The maximum atomic E-state index is 6.02. The van der Waals surface area contributed by atoms with E-state index in [4.69, 9.17) is 4.74 Å². The molecule has 2 aliphatic rings. The van der Waals surface area contributed by atoms with Gasteiger partial charge in [0.15, 0.2) is 0 Å². The molecule has 4 rings (SSSR count). The third-order valence-corrected chi connectivity index (χ3v) is 5.57. The molecule has 0 aromatic carbocycles. The summed E-state index contributed by atoms with van der Waals surface area (Å²) in [5.74, 6) is 2.51. The molecule has 0 bridgehead atoms. The minimum absolute atomic E-state index is 0.292. The lowest BCUT2D eigenvalue weighted by Gasteiger charge is -2.32. The Kier molecular flexibility index (Phi) is 5.75. The van der Waals surface area contributed by atoms with E-state index >= 15 is 0 Å². The van der Waals surface area contributed by atoms with Crippen molar-refractivity contribution in [1.29, 1.82) is 0 Å². The topological polar surface area (TPSA) is 51.1 Å². The summed E-state index contributed by atoms with van der Waals surface area (Å²) in [6.45, 7) is 3.04. The molecule has 1 aliphatic heterocycles. The first-order chi connectivity index (χ1) is 12.9. The van der Waals surface area contributed by atoms with Crippen LogP contribution in [-0.4, -0.2) is 39.0 Å². The molecule has 26 heavy (non-hydrogen) atoms. The largest absolute Gasteiger partial charge is 0.489 e. The molecule has 0 spiro atoms. The summed E-state index contributed by atoms with van der Waals surface area (Å²) in [5, 5.41) is 0. The summed E-state index contributed by atoms with van der Waals surface area (Å²) in [6.07, 6.45) is 16.6. The Hall–Kier alpha value is -2.01. The lowest BCUT2D eigenvalue weighted by molar-refractivity contribution is 0.0964. The van der Waals surface area contributed by atoms with Crippen LogP contribution in [0.1, 0.15) is 62.3 Å². The minimum atomic E-state index is 0.292. The number of ether oxygens (including phenoxy) is 1. The number of hydrogen-bond donors (Lipinski definition) is 0. The third kappa shape index (κ3) is 4.58. The molecular formula is C21H28N4O. The highest BCUT2D eigenvalue weighted by atomic mass is 16.5. The molecule has 0 unspecified atom stereocenters. The maximum Gasteiger partial charge on any atom is 0.137 e. The van der Waals surface area contributed by atoms with Crippen LogP contribution in [0.4, 0.5) is 0 Å². The van der Waals surface area contributed by atoms with Crippen molar-refractivity contribution in [3.63, 3.8) is 0 Å². The Bertz CT molecular complexity index is 662. The van der Waals surface area contributed by atoms with Crippen molar-refractivity contribution < 1.29 is 4.74 Å². The number of aromatic nitrogens is 3. The Balaban J connectivity index is 1.25. The lowest BCUT2D eigenvalue weighted by atomic mass is 9.89. The van der Waals surface area contributed by atoms with Crippen LogP contribution in [0.25, 0.3) is 0 Å². The highest BCUT2D eigenvalue weighted by Crippen LogP contribution is 2.30. The Labute approximate surface area is 155 Å². The molecule has 0 N–H and O–H groups in total. The molecule has 2 fully saturated rings. The second-order valence-corrected chi connectivity index (χ2v) is 7.57. The van der Waals surface area contributed by atoms with Crippen molar-refractivity contribution in [2.75, 3.05) is 13.1 Å². The molecule has 1 aliphatic carbocycles. The Morgan fingerprint density at radius 1 is 0.962 bits per heavy atom. The Morgan fingerprint density at radius 3 is 2.42 bits per heavy atom. The van der Waals surface area contributed by atoms with Gasteiger partial charge in [-0.2, -0.15) is 0 Å². The summed E-state index contributed by atoms with van der Waals surface area (Å²) < 4.78 is 6.02. The molecule has 1 saturated carbocycles. The van der Waals surface area contributed by atoms with Gasteiger partial charge in [0.05, 0.1) is 6.20 Å². The lowest BCUT2D eigenvalue weighted by Crippen LogP contribution is -2.37. The van der Waals surface area contributed by atoms with Gasteiger partial charge in [-0.1, -0.05) is 19.3 Å². The normalized spacial score (nSPS) is 20.2. The maximum absolute atomic E-state index is 6.02. The van der Waals surface area contributed by atoms with Gasteiger partial charge >= 0.3 is 0 Å². The zero-order valence-electron chi connectivity index (χ0n) is 15.4. The van der Waals surface area contributed by atoms with Crippen molar-refractivity contribution in [2.45, 2.75) is 63.5 Å². The van der Waals surface area contributed by atoms with Crippen molar-refractivity contribution in [3.8, 4) is 5.75 Å².